The third-order valence-corrected chi connectivity index (χ3v) is 5.55. The Balaban J connectivity index is 1.92. The fourth-order valence-electron chi connectivity index (χ4n) is 2.60. The van der Waals surface area contributed by atoms with Gasteiger partial charge in [0, 0.05) is 10.6 Å². The fraction of sp³-hybridized carbons (Fsp3) is 0.167. The Labute approximate surface area is 151 Å². The lowest BCUT2D eigenvalue weighted by Gasteiger charge is -2.11. The van der Waals surface area contributed by atoms with Crippen LogP contribution in [0.2, 0.25) is 5.02 Å². The molecule has 0 fully saturated rings. The Morgan fingerprint density at radius 3 is 2.32 bits per heavy atom. The van der Waals surface area contributed by atoms with Crippen LogP contribution in [-0.2, 0) is 10.0 Å². The number of nitrogens with zero attached hydrogens (tertiary/aromatic N) is 1. The molecule has 0 unspecified atom stereocenters. The third-order valence-electron chi connectivity index (χ3n) is 3.93. The Kier molecular flexibility index (Phi) is 4.58. The third kappa shape index (κ3) is 3.55. The lowest BCUT2D eigenvalue weighted by molar-refractivity contribution is 0.393. The van der Waals surface area contributed by atoms with Gasteiger partial charge < -0.3 is 4.52 Å². The van der Waals surface area contributed by atoms with Gasteiger partial charge in [0.1, 0.15) is 5.76 Å². The molecule has 0 saturated heterocycles. The zero-order valence-electron chi connectivity index (χ0n) is 14.0. The highest BCUT2D eigenvalue weighted by molar-refractivity contribution is 7.92. The first-order valence-electron chi connectivity index (χ1n) is 7.60. The van der Waals surface area contributed by atoms with E-state index in [-0.39, 0.29) is 4.90 Å². The lowest BCUT2D eigenvalue weighted by Crippen LogP contribution is -2.13. The van der Waals surface area contributed by atoms with Crippen molar-refractivity contribution in [3.8, 4) is 11.1 Å². The zero-order valence-corrected chi connectivity index (χ0v) is 15.6. The van der Waals surface area contributed by atoms with Gasteiger partial charge in [0.15, 0.2) is 0 Å². The molecule has 0 spiro atoms. The van der Waals surface area contributed by atoms with Crippen molar-refractivity contribution in [1.82, 2.24) is 5.16 Å². The molecular formula is C18H17ClN2O3S. The standard InChI is InChI=1S/C18H17ClN2O3S/c1-11-4-7-15(19)10-17(11)21-25(22,23)16-8-5-14(6-9-16)18-12(2)20-24-13(18)3/h4-10,21H,1-3H3. The maximum Gasteiger partial charge on any atom is 0.261 e. The van der Waals surface area contributed by atoms with Crippen molar-refractivity contribution in [3.63, 3.8) is 0 Å². The highest BCUT2D eigenvalue weighted by Gasteiger charge is 2.17. The molecule has 0 amide bonds. The lowest BCUT2D eigenvalue weighted by atomic mass is 10.0. The second-order valence-electron chi connectivity index (χ2n) is 5.79. The average Bonchev–Trinajstić information content (AvgIpc) is 2.90. The second-order valence-corrected chi connectivity index (χ2v) is 7.91. The monoisotopic (exact) mass is 376 g/mol. The minimum absolute atomic E-state index is 0.169. The second kappa shape index (κ2) is 6.54. The van der Waals surface area contributed by atoms with Crippen molar-refractivity contribution < 1.29 is 12.9 Å². The SMILES string of the molecule is Cc1ccc(Cl)cc1NS(=O)(=O)c1ccc(-c2c(C)noc2C)cc1. The molecule has 3 rings (SSSR count). The van der Waals surface area contributed by atoms with Crippen molar-refractivity contribution in [1.29, 1.82) is 0 Å². The van der Waals surface area contributed by atoms with Crippen molar-refractivity contribution in [2.75, 3.05) is 4.72 Å². The van der Waals surface area contributed by atoms with Gasteiger partial charge in [0.05, 0.1) is 16.3 Å². The van der Waals surface area contributed by atoms with Crippen LogP contribution in [-0.4, -0.2) is 13.6 Å². The van der Waals surface area contributed by atoms with E-state index in [9.17, 15) is 8.42 Å². The molecule has 0 bridgehead atoms. The van der Waals surface area contributed by atoms with E-state index in [2.05, 4.69) is 9.88 Å². The van der Waals surface area contributed by atoms with Crippen LogP contribution in [0, 0.1) is 20.8 Å². The van der Waals surface area contributed by atoms with Crippen LogP contribution in [0.1, 0.15) is 17.0 Å². The van der Waals surface area contributed by atoms with Crippen LogP contribution in [0.15, 0.2) is 51.9 Å². The van der Waals surface area contributed by atoms with E-state index in [0.717, 1.165) is 22.4 Å². The number of aryl methyl sites for hydroxylation is 3. The van der Waals surface area contributed by atoms with E-state index >= 15 is 0 Å². The summed E-state index contributed by atoms with van der Waals surface area (Å²) in [5.74, 6) is 0.695. The molecule has 1 heterocycles. The molecule has 7 heteroatoms. The molecule has 130 valence electrons. The number of sulfonamides is 1. The van der Waals surface area contributed by atoms with E-state index in [4.69, 9.17) is 16.1 Å². The molecule has 1 aromatic heterocycles. The molecule has 0 atom stereocenters. The Morgan fingerprint density at radius 2 is 1.72 bits per heavy atom. The quantitative estimate of drug-likeness (QED) is 0.715. The summed E-state index contributed by atoms with van der Waals surface area (Å²) < 4.78 is 33.0. The maximum atomic E-state index is 12.6. The van der Waals surface area contributed by atoms with Crippen LogP contribution in [0.4, 0.5) is 5.69 Å². The average molecular weight is 377 g/mol. The molecule has 25 heavy (non-hydrogen) atoms. The van der Waals surface area contributed by atoms with Crippen molar-refractivity contribution in [2.24, 2.45) is 0 Å². The summed E-state index contributed by atoms with van der Waals surface area (Å²) in [7, 11) is -3.71. The molecular weight excluding hydrogens is 360 g/mol. The summed E-state index contributed by atoms with van der Waals surface area (Å²) in [4.78, 5) is 0.169. The largest absolute Gasteiger partial charge is 0.361 e. The number of rotatable bonds is 4. The van der Waals surface area contributed by atoms with Crippen LogP contribution in [0.5, 0.6) is 0 Å². The number of hydrogen-bond acceptors (Lipinski definition) is 4. The topological polar surface area (TPSA) is 72.2 Å². The molecule has 0 aliphatic carbocycles. The van der Waals surface area contributed by atoms with Crippen LogP contribution in [0.25, 0.3) is 11.1 Å². The number of aromatic nitrogens is 1. The zero-order chi connectivity index (χ0) is 18.2. The van der Waals surface area contributed by atoms with Crippen LogP contribution < -0.4 is 4.72 Å². The molecule has 1 N–H and O–H groups in total. The van der Waals surface area contributed by atoms with Gasteiger partial charge in [-0.2, -0.15) is 0 Å². The smallest absolute Gasteiger partial charge is 0.261 e. The van der Waals surface area contributed by atoms with E-state index < -0.39 is 10.0 Å². The Bertz CT molecular complexity index is 1010. The number of nitrogens with one attached hydrogen (secondary N) is 1. The number of halogens is 1. The number of benzene rings is 2. The van der Waals surface area contributed by atoms with Crippen LogP contribution >= 0.6 is 11.6 Å². The van der Waals surface area contributed by atoms with Gasteiger partial charge in [-0.15, -0.1) is 0 Å². The first-order chi connectivity index (χ1) is 11.8. The van der Waals surface area contributed by atoms with Gasteiger partial charge in [-0.3, -0.25) is 4.72 Å². The van der Waals surface area contributed by atoms with Gasteiger partial charge in [0.25, 0.3) is 10.0 Å². The first-order valence-corrected chi connectivity index (χ1v) is 9.46. The minimum Gasteiger partial charge on any atom is -0.361 e. The van der Waals surface area contributed by atoms with Gasteiger partial charge in [-0.25, -0.2) is 8.42 Å². The van der Waals surface area contributed by atoms with Gasteiger partial charge >= 0.3 is 0 Å². The predicted molar refractivity (Wildman–Crippen MR) is 98.4 cm³/mol. The van der Waals surface area contributed by atoms with Gasteiger partial charge in [-0.05, 0) is 56.2 Å². The van der Waals surface area contributed by atoms with Crippen molar-refractivity contribution in [3.05, 3.63) is 64.5 Å². The highest BCUT2D eigenvalue weighted by Crippen LogP contribution is 2.28. The molecule has 2 aromatic carbocycles. The normalized spacial score (nSPS) is 11.5. The van der Waals surface area contributed by atoms with E-state index in [1.54, 1.807) is 42.5 Å². The van der Waals surface area contributed by atoms with E-state index in [1.807, 2.05) is 20.8 Å². The minimum atomic E-state index is -3.71. The summed E-state index contributed by atoms with van der Waals surface area (Å²) in [5.41, 5.74) is 3.75. The van der Waals surface area contributed by atoms with Crippen molar-refractivity contribution >= 4 is 27.3 Å². The van der Waals surface area contributed by atoms with Gasteiger partial charge in [0.2, 0.25) is 0 Å². The highest BCUT2D eigenvalue weighted by atomic mass is 35.5. The van der Waals surface area contributed by atoms with E-state index in [1.165, 1.54) is 0 Å². The van der Waals surface area contributed by atoms with Crippen LogP contribution in [0.3, 0.4) is 0 Å². The summed E-state index contributed by atoms with van der Waals surface area (Å²) in [6, 6.07) is 11.7. The summed E-state index contributed by atoms with van der Waals surface area (Å²) >= 11 is 5.95. The number of anilines is 1. The summed E-state index contributed by atoms with van der Waals surface area (Å²) in [6.45, 7) is 5.48. The molecule has 0 aliphatic heterocycles. The molecule has 5 nitrogen and oxygen atoms in total. The summed E-state index contributed by atoms with van der Waals surface area (Å²) in [5, 5.41) is 4.39. The Morgan fingerprint density at radius 1 is 1.04 bits per heavy atom. The first kappa shape index (κ1) is 17.5. The summed E-state index contributed by atoms with van der Waals surface area (Å²) in [6.07, 6.45) is 0. The van der Waals surface area contributed by atoms with Gasteiger partial charge in [-0.1, -0.05) is 35.0 Å². The fourth-order valence-corrected chi connectivity index (χ4v) is 3.90. The number of hydrogen-bond donors (Lipinski definition) is 1. The van der Waals surface area contributed by atoms with Crippen molar-refractivity contribution in [2.45, 2.75) is 25.7 Å². The van der Waals surface area contributed by atoms with E-state index in [0.29, 0.717) is 16.5 Å². The maximum absolute atomic E-state index is 12.6. The predicted octanol–water partition coefficient (Wildman–Crippen LogP) is 4.72. The Hall–Kier alpha value is -2.31. The molecule has 3 aromatic rings. The molecule has 0 saturated carbocycles. The molecule has 0 aliphatic rings. The molecule has 0 radical (unpaired) electrons.